The van der Waals surface area contributed by atoms with Gasteiger partial charge in [-0.3, -0.25) is 29.6 Å². The molecule has 15 nitrogen and oxygen atoms in total. The quantitative estimate of drug-likeness (QED) is 0.0845. The van der Waals surface area contributed by atoms with Gasteiger partial charge in [0.25, 0.3) is 6.26 Å². The van der Waals surface area contributed by atoms with Crippen molar-refractivity contribution in [2.75, 3.05) is 62.6 Å². The molecule has 1 atom stereocenters. The molecule has 64 heavy (non-hydrogen) atoms. The Labute approximate surface area is 372 Å². The van der Waals surface area contributed by atoms with E-state index in [1.54, 1.807) is 10.6 Å². The first-order valence-corrected chi connectivity index (χ1v) is 22.5. The highest BCUT2D eigenvalue weighted by Gasteiger charge is 2.35. The summed E-state index contributed by atoms with van der Waals surface area (Å²) < 4.78 is 6.24. The van der Waals surface area contributed by atoms with Crippen LogP contribution in [-0.2, 0) is 24.5 Å². The molecule has 3 N–H and O–H groups in total. The number of fused-ring (bicyclic) bond motifs is 1. The second-order valence-corrected chi connectivity index (χ2v) is 17.6. The zero-order valence-corrected chi connectivity index (χ0v) is 35.9. The highest BCUT2D eigenvalue weighted by atomic mass is 16.5. The van der Waals surface area contributed by atoms with Crippen molar-refractivity contribution < 1.29 is 29.0 Å². The Kier molecular flexibility index (Phi) is 12.4. The first-order valence-electron chi connectivity index (χ1n) is 22.5. The van der Waals surface area contributed by atoms with Gasteiger partial charge < -0.3 is 25.0 Å². The van der Waals surface area contributed by atoms with Crippen LogP contribution in [0, 0.1) is 11.5 Å². The highest BCUT2D eigenvalue weighted by Crippen LogP contribution is 2.39. The van der Waals surface area contributed by atoms with Crippen molar-refractivity contribution in [2.45, 2.75) is 75.2 Å². The number of pyridine rings is 2. The number of esters is 1. The summed E-state index contributed by atoms with van der Waals surface area (Å²) in [6.07, 6.45) is 13.0. The van der Waals surface area contributed by atoms with Crippen molar-refractivity contribution in [3.05, 3.63) is 102 Å². The predicted molar refractivity (Wildman–Crippen MR) is 240 cm³/mol. The third kappa shape index (κ3) is 9.07. The minimum absolute atomic E-state index is 0.0192. The van der Waals surface area contributed by atoms with Crippen molar-refractivity contribution in [3.8, 4) is 28.5 Å². The van der Waals surface area contributed by atoms with Crippen LogP contribution in [0.15, 0.2) is 85.2 Å². The number of aliphatic hydroxyl groups is 1. The lowest BCUT2D eigenvalue weighted by molar-refractivity contribution is -0.134. The van der Waals surface area contributed by atoms with Crippen LogP contribution in [0.25, 0.3) is 27.8 Å². The average molecular weight is 864 g/mol. The molecule has 6 heterocycles. The summed E-state index contributed by atoms with van der Waals surface area (Å²) in [5.74, 6) is -0.754. The summed E-state index contributed by atoms with van der Waals surface area (Å²) in [5.41, 5.74) is 7.89. The van der Waals surface area contributed by atoms with Gasteiger partial charge in [0, 0.05) is 84.2 Å². The number of imide groups is 1. The molecule has 9 rings (SSSR count). The number of hydrogen-bond donors (Lipinski definition) is 3. The Morgan fingerprint density at radius 3 is 2.28 bits per heavy atom. The molecule has 1 aliphatic carbocycles. The number of ether oxygens (including phenoxy) is 1. The number of rotatable bonds is 11. The summed E-state index contributed by atoms with van der Waals surface area (Å²) in [7, 11) is 0. The van der Waals surface area contributed by atoms with Gasteiger partial charge in [-0.15, -0.1) is 5.26 Å². The molecule has 1 unspecified atom stereocenters. The first-order chi connectivity index (χ1) is 31.2. The normalized spacial score (nSPS) is 19.5. The summed E-state index contributed by atoms with van der Waals surface area (Å²) in [4.78, 5) is 61.1. The molecule has 330 valence electrons. The van der Waals surface area contributed by atoms with Crippen LogP contribution >= 0.6 is 0 Å². The lowest BCUT2D eigenvalue weighted by atomic mass is 9.72. The lowest BCUT2D eigenvalue weighted by Gasteiger charge is -2.38. The van der Waals surface area contributed by atoms with Crippen LogP contribution in [0.2, 0.25) is 0 Å². The number of likely N-dealkylation sites (tertiary alicyclic amines) is 1. The van der Waals surface area contributed by atoms with Gasteiger partial charge in [0.05, 0.1) is 18.7 Å². The molecular weight excluding hydrogens is 811 g/mol. The maximum absolute atomic E-state index is 13.5. The van der Waals surface area contributed by atoms with Gasteiger partial charge in [0.15, 0.2) is 5.69 Å². The zero-order valence-electron chi connectivity index (χ0n) is 35.9. The smallest absolute Gasteiger partial charge is 0.374 e. The molecule has 4 aliphatic rings. The number of piperidine rings is 2. The second-order valence-electron chi connectivity index (χ2n) is 17.6. The van der Waals surface area contributed by atoms with Crippen molar-refractivity contribution in [1.82, 2.24) is 29.7 Å². The number of piperazine rings is 1. The lowest BCUT2D eigenvalue weighted by Crippen LogP contribution is -2.51. The monoisotopic (exact) mass is 863 g/mol. The number of nitrogens with one attached hydrogen (secondary N) is 2. The van der Waals surface area contributed by atoms with Crippen molar-refractivity contribution in [3.63, 3.8) is 0 Å². The van der Waals surface area contributed by atoms with Gasteiger partial charge in [-0.05, 0) is 105 Å². The number of carbonyl (C=O) groups is 4. The number of aromatic nitrogens is 3. The minimum atomic E-state index is -0.829. The van der Waals surface area contributed by atoms with Crippen LogP contribution in [-0.4, -0.2) is 112 Å². The van der Waals surface area contributed by atoms with Crippen LogP contribution in [0.5, 0.6) is 0 Å². The van der Waals surface area contributed by atoms with Crippen LogP contribution in [0.4, 0.5) is 11.4 Å². The number of nitriles is 1. The number of carbonyl (C=O) groups excluding carboxylic acids is 4. The van der Waals surface area contributed by atoms with Crippen LogP contribution in [0.3, 0.4) is 0 Å². The molecule has 0 bridgehead atoms. The van der Waals surface area contributed by atoms with Crippen molar-refractivity contribution in [2.24, 2.45) is 0 Å². The Hall–Kier alpha value is -6.63. The van der Waals surface area contributed by atoms with E-state index >= 15 is 0 Å². The predicted octanol–water partition coefficient (Wildman–Crippen LogP) is 5.64. The fourth-order valence-electron chi connectivity index (χ4n) is 9.94. The Balaban J connectivity index is 0.805. The van der Waals surface area contributed by atoms with Gasteiger partial charge >= 0.3 is 5.97 Å². The molecular formula is C49H53N9O6. The minimum Gasteiger partial charge on any atom is -0.395 e. The third-order valence-electron chi connectivity index (χ3n) is 13.8. The number of amides is 3. The van der Waals surface area contributed by atoms with E-state index in [1.165, 1.54) is 18.2 Å². The van der Waals surface area contributed by atoms with Crippen LogP contribution < -0.4 is 15.5 Å². The molecule has 1 saturated carbocycles. The second kappa shape index (κ2) is 18.6. The van der Waals surface area contributed by atoms with E-state index in [4.69, 9.17) is 10.2 Å². The fraction of sp³-hybridized carbons (Fsp3) is 0.408. The average Bonchev–Trinajstić information content (AvgIpc) is 3.78. The fourth-order valence-corrected chi connectivity index (χ4v) is 9.94. The highest BCUT2D eigenvalue weighted by molar-refractivity contribution is 6.01. The Bertz CT molecular complexity index is 2550. The van der Waals surface area contributed by atoms with Gasteiger partial charge in [-0.25, -0.2) is 9.31 Å². The van der Waals surface area contributed by atoms with Gasteiger partial charge in [0.2, 0.25) is 17.7 Å². The molecule has 4 fully saturated rings. The van der Waals surface area contributed by atoms with Crippen LogP contribution in [0.1, 0.15) is 85.5 Å². The van der Waals surface area contributed by atoms with E-state index in [0.717, 1.165) is 104 Å². The van der Waals surface area contributed by atoms with Gasteiger partial charge in [0.1, 0.15) is 6.04 Å². The molecule has 0 radical (unpaired) electrons. The van der Waals surface area contributed by atoms with Crippen molar-refractivity contribution in [1.29, 1.82) is 5.26 Å². The third-order valence-corrected chi connectivity index (χ3v) is 13.8. The molecule has 3 aromatic heterocycles. The van der Waals surface area contributed by atoms with E-state index in [0.29, 0.717) is 43.9 Å². The molecule has 2 aromatic carbocycles. The number of nitrogens with zero attached hydrogens (tertiary/aromatic N) is 7. The maximum Gasteiger partial charge on any atom is 0.374 e. The summed E-state index contributed by atoms with van der Waals surface area (Å²) in [6, 6.07) is 23.8. The number of benzene rings is 2. The first kappa shape index (κ1) is 42.7. The van der Waals surface area contributed by atoms with E-state index in [1.807, 2.05) is 41.6 Å². The topological polar surface area (TPSA) is 186 Å². The molecule has 3 amide bonds. The molecule has 3 saturated heterocycles. The van der Waals surface area contributed by atoms with Gasteiger partial charge in [-0.2, -0.15) is 5.10 Å². The standard InChI is InChI=1S/C49H53N9O6/c50-32-64-48(63)42-27-43-40(36-8-14-44(51-28-36)49(31-59)18-2-1-3-19-49)26-37(29-58(43)54-42)34-6-11-39(12-7-34)56-22-24-57(25-23-56)46(61)30-55-20-16-35(17-21-55)33-4-9-38(10-5-33)52-41-13-15-45(60)53-47(41)62/h4-12,14,26-29,35,41,52,59H,1-3,13,15-25,30-31H2,(H,53,60,62). The summed E-state index contributed by atoms with van der Waals surface area (Å²) in [6.45, 7) is 4.96. The molecule has 15 heteroatoms. The number of anilines is 2. The summed E-state index contributed by atoms with van der Waals surface area (Å²) in [5, 5.41) is 29.5. The largest absolute Gasteiger partial charge is 0.395 e. The Morgan fingerprint density at radius 2 is 1.61 bits per heavy atom. The van der Waals surface area contributed by atoms with E-state index in [2.05, 4.69) is 72.7 Å². The Morgan fingerprint density at radius 1 is 0.875 bits per heavy atom. The zero-order chi connectivity index (χ0) is 44.2. The van der Waals surface area contributed by atoms with E-state index < -0.39 is 12.0 Å². The molecule has 0 spiro atoms. The number of hydrogen-bond acceptors (Lipinski definition) is 12. The maximum atomic E-state index is 13.5. The van der Waals surface area contributed by atoms with E-state index in [-0.39, 0.29) is 35.4 Å². The SMILES string of the molecule is N#COC(=O)c1cc2c(-c3ccc(C4(CO)CCCCC4)nc3)cc(-c3ccc(N4CCN(C(=O)CN5CCC(c6ccc(NC7CCC(=O)NC7=O)cc6)CC5)CC4)cc3)cn2n1. The number of aliphatic hydroxyl groups excluding tert-OH is 1. The van der Waals surface area contributed by atoms with Gasteiger partial charge in [-0.1, -0.05) is 49.6 Å². The van der Waals surface area contributed by atoms with E-state index in [9.17, 15) is 24.3 Å². The summed E-state index contributed by atoms with van der Waals surface area (Å²) >= 11 is 0. The molecule has 5 aromatic rings. The molecule has 3 aliphatic heterocycles. The van der Waals surface area contributed by atoms with Crippen molar-refractivity contribution >= 4 is 40.6 Å².